The van der Waals surface area contributed by atoms with Gasteiger partial charge in [-0.05, 0) is 31.0 Å². The minimum absolute atomic E-state index is 0.214. The van der Waals surface area contributed by atoms with Gasteiger partial charge in [0, 0.05) is 32.2 Å². The molecule has 1 aromatic rings. The van der Waals surface area contributed by atoms with Crippen LogP contribution in [0.5, 0.6) is 0 Å². The number of hydrogen-bond donors (Lipinski definition) is 3. The molecule has 26 heavy (non-hydrogen) atoms. The van der Waals surface area contributed by atoms with Gasteiger partial charge >= 0.3 is 0 Å². The lowest BCUT2D eigenvalue weighted by Gasteiger charge is -2.26. The van der Waals surface area contributed by atoms with Gasteiger partial charge in [-0.3, -0.25) is 4.90 Å². The fourth-order valence-corrected chi connectivity index (χ4v) is 4.61. The van der Waals surface area contributed by atoms with Crippen LogP contribution in [0, 0.1) is 0 Å². The Morgan fingerprint density at radius 2 is 1.88 bits per heavy atom. The molecule has 0 radical (unpaired) electrons. The number of ether oxygens (including phenoxy) is 1. The third-order valence-corrected chi connectivity index (χ3v) is 6.58. The van der Waals surface area contributed by atoms with Gasteiger partial charge in [-0.15, -0.1) is 0 Å². The lowest BCUT2D eigenvalue weighted by atomic mass is 9.95. The van der Waals surface area contributed by atoms with Gasteiger partial charge in [-0.2, -0.15) is 0 Å². The number of hydrogen-bond acceptors (Lipinski definition) is 6. The Morgan fingerprint density at radius 3 is 2.58 bits per heavy atom. The Kier molecular flexibility index (Phi) is 6.74. The third-order valence-electron chi connectivity index (χ3n) is 5.12. The normalized spacial score (nSPS) is 20.2. The van der Waals surface area contributed by atoms with Crippen LogP contribution in [0.3, 0.4) is 0 Å². The highest BCUT2D eigenvalue weighted by molar-refractivity contribution is 7.89. The highest BCUT2D eigenvalue weighted by atomic mass is 32.2. The predicted octanol–water partition coefficient (Wildman–Crippen LogP) is 1.62. The van der Waals surface area contributed by atoms with Gasteiger partial charge in [0.15, 0.2) is 0 Å². The number of nitrogen functional groups attached to an aromatic ring is 1. The summed E-state index contributed by atoms with van der Waals surface area (Å²) >= 11 is 0. The molecule has 0 unspecified atom stereocenters. The Morgan fingerprint density at radius 1 is 1.15 bits per heavy atom. The summed E-state index contributed by atoms with van der Waals surface area (Å²) in [4.78, 5) is 2.41. The lowest BCUT2D eigenvalue weighted by molar-refractivity contribution is 0.0390. The second kappa shape index (κ2) is 9.03. The summed E-state index contributed by atoms with van der Waals surface area (Å²) in [5.74, 6) is 0. The minimum Gasteiger partial charge on any atom is -0.397 e. The molecular formula is C18H30N4O3S. The number of nitrogens with two attached hydrogens (primary N) is 1. The van der Waals surface area contributed by atoms with Crippen molar-refractivity contribution in [2.45, 2.75) is 43.0 Å². The van der Waals surface area contributed by atoms with Crippen LogP contribution >= 0.6 is 0 Å². The van der Waals surface area contributed by atoms with E-state index >= 15 is 0 Å². The summed E-state index contributed by atoms with van der Waals surface area (Å²) in [5.41, 5.74) is 7.41. The number of nitrogens with one attached hydrogen (secondary N) is 2. The van der Waals surface area contributed by atoms with Gasteiger partial charge in [0.05, 0.1) is 29.5 Å². The highest BCUT2D eigenvalue weighted by Crippen LogP contribution is 2.27. The first-order valence-corrected chi connectivity index (χ1v) is 11.0. The van der Waals surface area contributed by atoms with Crippen molar-refractivity contribution in [3.05, 3.63) is 18.2 Å². The van der Waals surface area contributed by atoms with E-state index in [1.165, 1.54) is 19.3 Å². The lowest BCUT2D eigenvalue weighted by Crippen LogP contribution is -2.41. The van der Waals surface area contributed by atoms with Crippen LogP contribution in [-0.2, 0) is 14.8 Å². The zero-order valence-corrected chi connectivity index (χ0v) is 16.1. The molecule has 1 aromatic carbocycles. The first-order valence-electron chi connectivity index (χ1n) is 9.50. The van der Waals surface area contributed by atoms with Crippen molar-refractivity contribution in [2.75, 3.05) is 50.4 Å². The van der Waals surface area contributed by atoms with Crippen LogP contribution in [-0.4, -0.2) is 58.8 Å². The Bertz CT molecular complexity index is 684. The van der Waals surface area contributed by atoms with Crippen LogP contribution in [0.2, 0.25) is 0 Å². The van der Waals surface area contributed by atoms with Crippen molar-refractivity contribution in [2.24, 2.45) is 0 Å². The number of rotatable bonds is 7. The molecule has 0 atom stereocenters. The third kappa shape index (κ3) is 5.33. The molecule has 4 N–H and O–H groups in total. The minimum atomic E-state index is -3.55. The van der Waals surface area contributed by atoms with Crippen molar-refractivity contribution in [1.82, 2.24) is 9.62 Å². The van der Waals surface area contributed by atoms with Crippen molar-refractivity contribution >= 4 is 21.4 Å². The molecule has 2 fully saturated rings. The molecule has 146 valence electrons. The summed E-state index contributed by atoms with van der Waals surface area (Å²) in [6.45, 7) is 4.16. The molecule has 7 nitrogen and oxygen atoms in total. The molecule has 8 heteroatoms. The van der Waals surface area contributed by atoms with E-state index in [1.54, 1.807) is 18.2 Å². The smallest absolute Gasteiger partial charge is 0.240 e. The second-order valence-corrected chi connectivity index (χ2v) is 8.85. The Labute approximate surface area is 156 Å². The quantitative estimate of drug-likeness (QED) is 0.620. The van der Waals surface area contributed by atoms with E-state index in [9.17, 15) is 8.42 Å². The van der Waals surface area contributed by atoms with Gasteiger partial charge in [-0.25, -0.2) is 13.1 Å². The summed E-state index contributed by atoms with van der Waals surface area (Å²) < 4.78 is 33.0. The fourth-order valence-electron chi connectivity index (χ4n) is 3.55. The van der Waals surface area contributed by atoms with Crippen molar-refractivity contribution in [3.63, 3.8) is 0 Å². The molecule has 0 bridgehead atoms. The molecule has 0 spiro atoms. The first-order chi connectivity index (χ1) is 12.5. The Balaban J connectivity index is 1.55. The maximum absolute atomic E-state index is 12.5. The number of sulfonamides is 1. The molecular weight excluding hydrogens is 352 g/mol. The number of nitrogens with zero attached hydrogens (tertiary/aromatic N) is 1. The monoisotopic (exact) mass is 382 g/mol. The average molecular weight is 383 g/mol. The molecule has 1 aliphatic carbocycles. The van der Waals surface area contributed by atoms with E-state index in [-0.39, 0.29) is 4.90 Å². The first kappa shape index (κ1) is 19.4. The molecule has 1 heterocycles. The molecule has 1 saturated carbocycles. The van der Waals surface area contributed by atoms with Gasteiger partial charge in [-0.1, -0.05) is 19.3 Å². The molecule has 1 aliphatic heterocycles. The highest BCUT2D eigenvalue weighted by Gasteiger charge is 2.18. The molecule has 3 rings (SSSR count). The van der Waals surface area contributed by atoms with E-state index in [0.29, 0.717) is 38.0 Å². The van der Waals surface area contributed by atoms with Crippen LogP contribution in [0.4, 0.5) is 11.4 Å². The van der Waals surface area contributed by atoms with Crippen LogP contribution in [0.15, 0.2) is 23.1 Å². The number of morpholine rings is 1. The second-order valence-electron chi connectivity index (χ2n) is 7.08. The predicted molar refractivity (Wildman–Crippen MR) is 104 cm³/mol. The van der Waals surface area contributed by atoms with E-state index in [2.05, 4.69) is 14.9 Å². The zero-order chi connectivity index (χ0) is 18.4. The topological polar surface area (TPSA) is 96.7 Å². The van der Waals surface area contributed by atoms with E-state index in [4.69, 9.17) is 10.5 Å². The summed E-state index contributed by atoms with van der Waals surface area (Å²) in [5, 5.41) is 3.46. The molecule has 0 amide bonds. The van der Waals surface area contributed by atoms with E-state index < -0.39 is 10.0 Å². The zero-order valence-electron chi connectivity index (χ0n) is 15.2. The van der Waals surface area contributed by atoms with Crippen molar-refractivity contribution < 1.29 is 13.2 Å². The van der Waals surface area contributed by atoms with E-state index in [0.717, 1.165) is 31.6 Å². The molecule has 0 aromatic heterocycles. The SMILES string of the molecule is Nc1cc(S(=O)(=O)NCCN2CCOCC2)ccc1NC1CCCCC1. The summed E-state index contributed by atoms with van der Waals surface area (Å²) in [7, 11) is -3.55. The summed E-state index contributed by atoms with van der Waals surface area (Å²) in [6.07, 6.45) is 6.04. The standard InChI is InChI=1S/C18H30N4O3S/c19-17-14-16(6-7-18(17)21-15-4-2-1-3-5-15)26(23,24)20-8-9-22-10-12-25-13-11-22/h6-7,14-15,20-21H,1-5,8-13,19H2. The van der Waals surface area contributed by atoms with E-state index in [1.807, 2.05) is 0 Å². The van der Waals surface area contributed by atoms with Crippen molar-refractivity contribution in [3.8, 4) is 0 Å². The maximum Gasteiger partial charge on any atom is 0.240 e. The molecule has 1 saturated heterocycles. The average Bonchev–Trinajstić information content (AvgIpc) is 2.65. The van der Waals surface area contributed by atoms with Gasteiger partial charge in [0.1, 0.15) is 0 Å². The fraction of sp³-hybridized carbons (Fsp3) is 0.667. The van der Waals surface area contributed by atoms with Crippen LogP contribution in [0.25, 0.3) is 0 Å². The number of benzene rings is 1. The Hall–Kier alpha value is -1.35. The van der Waals surface area contributed by atoms with Gasteiger partial charge in [0.25, 0.3) is 0 Å². The summed E-state index contributed by atoms with van der Waals surface area (Å²) in [6, 6.07) is 5.38. The largest absolute Gasteiger partial charge is 0.397 e. The molecule has 2 aliphatic rings. The maximum atomic E-state index is 12.5. The van der Waals surface area contributed by atoms with Crippen LogP contribution < -0.4 is 15.8 Å². The van der Waals surface area contributed by atoms with Crippen molar-refractivity contribution in [1.29, 1.82) is 0 Å². The van der Waals surface area contributed by atoms with Gasteiger partial charge < -0.3 is 15.8 Å². The van der Waals surface area contributed by atoms with Gasteiger partial charge in [0.2, 0.25) is 10.0 Å². The number of anilines is 2. The van der Waals surface area contributed by atoms with Crippen LogP contribution in [0.1, 0.15) is 32.1 Å².